The Labute approximate surface area is 112 Å². The molecule has 3 fully saturated rings. The van der Waals surface area contributed by atoms with E-state index in [1.54, 1.807) is 0 Å². The second-order valence-corrected chi connectivity index (χ2v) is 7.48. The molecule has 0 aromatic heterocycles. The van der Waals surface area contributed by atoms with E-state index in [0.29, 0.717) is 12.2 Å². The molecular weight excluding hydrogens is 248 g/mol. The van der Waals surface area contributed by atoms with E-state index in [1.807, 2.05) is 0 Å². The smallest absolute Gasteiger partial charge is 0.0707 e. The Balaban J connectivity index is 1.35. The van der Waals surface area contributed by atoms with E-state index >= 15 is 0 Å². The minimum absolute atomic E-state index is 0.405. The van der Waals surface area contributed by atoms with Gasteiger partial charge in [0.05, 0.1) is 12.2 Å². The molecule has 3 rings (SSSR count). The first-order chi connectivity index (χ1) is 8.79. The molecule has 4 nitrogen and oxygen atoms in total. The molecule has 1 saturated carbocycles. The number of nitrogens with one attached hydrogen (secondary N) is 1. The van der Waals surface area contributed by atoms with Gasteiger partial charge in [-0.05, 0) is 25.7 Å². The van der Waals surface area contributed by atoms with Crippen LogP contribution in [0.25, 0.3) is 0 Å². The fourth-order valence-electron chi connectivity index (χ4n) is 2.80. The summed E-state index contributed by atoms with van der Waals surface area (Å²) in [5.74, 6) is 1.69. The quantitative estimate of drug-likeness (QED) is 0.784. The molecular formula is C13H24N2O2S. The molecule has 1 N–H and O–H groups in total. The Kier molecular flexibility index (Phi) is 4.34. The van der Waals surface area contributed by atoms with Crippen LogP contribution in [0.3, 0.4) is 0 Å². The minimum atomic E-state index is -0.565. The van der Waals surface area contributed by atoms with Gasteiger partial charge in [-0.25, -0.2) is 0 Å². The second-order valence-electron chi connectivity index (χ2n) is 5.79. The minimum Gasteiger partial charge on any atom is -0.372 e. The highest BCUT2D eigenvalue weighted by molar-refractivity contribution is 7.85. The van der Waals surface area contributed by atoms with Crippen molar-refractivity contribution in [2.24, 2.45) is 0 Å². The molecule has 0 spiro atoms. The van der Waals surface area contributed by atoms with Crippen molar-refractivity contribution in [3.05, 3.63) is 0 Å². The Morgan fingerprint density at radius 1 is 1.11 bits per heavy atom. The van der Waals surface area contributed by atoms with Crippen LogP contribution >= 0.6 is 0 Å². The third kappa shape index (κ3) is 3.76. The lowest BCUT2D eigenvalue weighted by Crippen LogP contribution is -2.42. The molecule has 2 saturated heterocycles. The number of hydrogen-bond donors (Lipinski definition) is 1. The van der Waals surface area contributed by atoms with Gasteiger partial charge in [0.1, 0.15) is 0 Å². The molecule has 0 bridgehead atoms. The molecule has 2 atom stereocenters. The lowest BCUT2D eigenvalue weighted by atomic mass is 10.2. The van der Waals surface area contributed by atoms with Crippen LogP contribution in [0.2, 0.25) is 0 Å². The van der Waals surface area contributed by atoms with Crippen molar-refractivity contribution in [1.82, 2.24) is 10.2 Å². The van der Waals surface area contributed by atoms with Crippen molar-refractivity contribution in [2.45, 2.75) is 43.9 Å². The van der Waals surface area contributed by atoms with Crippen molar-refractivity contribution in [1.29, 1.82) is 0 Å². The average molecular weight is 272 g/mol. The number of rotatable bonds is 5. The van der Waals surface area contributed by atoms with E-state index in [1.165, 1.54) is 25.7 Å². The van der Waals surface area contributed by atoms with Gasteiger partial charge in [0, 0.05) is 54.5 Å². The molecule has 0 amide bonds. The molecule has 2 aliphatic heterocycles. The Hall–Kier alpha value is 0.0300. The van der Waals surface area contributed by atoms with Crippen molar-refractivity contribution in [3.8, 4) is 0 Å². The zero-order valence-corrected chi connectivity index (χ0v) is 11.8. The second kappa shape index (κ2) is 5.99. The van der Waals surface area contributed by atoms with Crippen molar-refractivity contribution >= 4 is 10.8 Å². The molecule has 2 heterocycles. The summed E-state index contributed by atoms with van der Waals surface area (Å²) < 4.78 is 17.4. The lowest BCUT2D eigenvalue weighted by molar-refractivity contribution is 0.0249. The summed E-state index contributed by atoms with van der Waals surface area (Å²) in [6, 6.07) is 0.782. The first kappa shape index (κ1) is 13.0. The maximum atomic E-state index is 11.3. The molecule has 18 heavy (non-hydrogen) atoms. The standard InChI is InChI=1S/C13H24N2O2S/c16-18-7-5-15(6-8-18)10-13-4-3-12(17-13)9-14-11-1-2-11/h11-14H,1-10H2. The van der Waals surface area contributed by atoms with E-state index in [0.717, 1.165) is 43.7 Å². The van der Waals surface area contributed by atoms with Crippen molar-refractivity contribution < 1.29 is 8.95 Å². The third-order valence-corrected chi connectivity index (χ3v) is 5.42. The zero-order valence-electron chi connectivity index (χ0n) is 11.0. The van der Waals surface area contributed by atoms with Gasteiger partial charge in [-0.3, -0.25) is 9.11 Å². The van der Waals surface area contributed by atoms with Crippen molar-refractivity contribution in [3.63, 3.8) is 0 Å². The van der Waals surface area contributed by atoms with E-state index < -0.39 is 10.8 Å². The summed E-state index contributed by atoms with van der Waals surface area (Å²) in [6.07, 6.45) is 5.92. The average Bonchev–Trinajstić information content (AvgIpc) is 3.10. The molecule has 5 heteroatoms. The van der Waals surface area contributed by atoms with Crippen LogP contribution in [0.15, 0.2) is 0 Å². The Bertz CT molecular complexity index is 299. The molecule has 104 valence electrons. The van der Waals surface area contributed by atoms with Gasteiger partial charge < -0.3 is 10.1 Å². The summed E-state index contributed by atoms with van der Waals surface area (Å²) in [7, 11) is -0.565. The number of nitrogens with zero attached hydrogens (tertiary/aromatic N) is 1. The maximum absolute atomic E-state index is 11.3. The molecule has 1 aliphatic carbocycles. The Morgan fingerprint density at radius 2 is 1.83 bits per heavy atom. The zero-order chi connectivity index (χ0) is 12.4. The van der Waals surface area contributed by atoms with Crippen LogP contribution in [-0.4, -0.2) is 65.0 Å². The first-order valence-electron chi connectivity index (χ1n) is 7.26. The normalized spacial score (nSPS) is 35.1. The monoisotopic (exact) mass is 272 g/mol. The first-order valence-corrected chi connectivity index (χ1v) is 8.74. The van der Waals surface area contributed by atoms with Crippen LogP contribution in [0.4, 0.5) is 0 Å². The maximum Gasteiger partial charge on any atom is 0.0707 e. The summed E-state index contributed by atoms with van der Waals surface area (Å²) in [5.41, 5.74) is 0. The SMILES string of the molecule is O=S1CCN(CC2CCC(CNC3CC3)O2)CC1. The highest BCUT2D eigenvalue weighted by Crippen LogP contribution is 2.23. The van der Waals surface area contributed by atoms with Gasteiger partial charge in [0.15, 0.2) is 0 Å². The predicted octanol–water partition coefficient (Wildman–Crippen LogP) is 0.350. The Morgan fingerprint density at radius 3 is 2.56 bits per heavy atom. The van der Waals surface area contributed by atoms with Gasteiger partial charge in [0.2, 0.25) is 0 Å². The van der Waals surface area contributed by atoms with E-state index in [9.17, 15) is 4.21 Å². The summed E-state index contributed by atoms with van der Waals surface area (Å²) >= 11 is 0. The molecule has 0 aromatic rings. The topological polar surface area (TPSA) is 41.6 Å². The van der Waals surface area contributed by atoms with Crippen LogP contribution in [0.1, 0.15) is 25.7 Å². The fourth-order valence-corrected chi connectivity index (χ4v) is 3.92. The third-order valence-electron chi connectivity index (χ3n) is 4.14. The van der Waals surface area contributed by atoms with Gasteiger partial charge in [-0.1, -0.05) is 0 Å². The van der Waals surface area contributed by atoms with E-state index in [4.69, 9.17) is 4.74 Å². The van der Waals surface area contributed by atoms with Crippen molar-refractivity contribution in [2.75, 3.05) is 37.7 Å². The summed E-state index contributed by atoms with van der Waals surface area (Å²) in [4.78, 5) is 2.42. The van der Waals surface area contributed by atoms with Gasteiger partial charge >= 0.3 is 0 Å². The van der Waals surface area contributed by atoms with Crippen LogP contribution in [-0.2, 0) is 15.5 Å². The molecule has 3 aliphatic rings. The van der Waals surface area contributed by atoms with Gasteiger partial charge in [-0.15, -0.1) is 0 Å². The lowest BCUT2D eigenvalue weighted by Gasteiger charge is -2.28. The summed E-state index contributed by atoms with van der Waals surface area (Å²) in [5, 5.41) is 3.55. The largest absolute Gasteiger partial charge is 0.372 e. The van der Waals surface area contributed by atoms with Crippen LogP contribution in [0, 0.1) is 0 Å². The number of ether oxygens (including phenoxy) is 1. The fraction of sp³-hybridized carbons (Fsp3) is 1.00. The van der Waals surface area contributed by atoms with Gasteiger partial charge in [-0.2, -0.15) is 0 Å². The van der Waals surface area contributed by atoms with Gasteiger partial charge in [0.25, 0.3) is 0 Å². The molecule has 2 unspecified atom stereocenters. The van der Waals surface area contributed by atoms with E-state index in [-0.39, 0.29) is 0 Å². The van der Waals surface area contributed by atoms with Crippen LogP contribution in [0.5, 0.6) is 0 Å². The molecule has 0 radical (unpaired) electrons. The highest BCUT2D eigenvalue weighted by Gasteiger charge is 2.29. The predicted molar refractivity (Wildman–Crippen MR) is 73.2 cm³/mol. The summed E-state index contributed by atoms with van der Waals surface area (Å²) in [6.45, 7) is 4.04. The highest BCUT2D eigenvalue weighted by atomic mass is 32.2. The van der Waals surface area contributed by atoms with Crippen LogP contribution < -0.4 is 5.32 Å². The molecule has 0 aromatic carbocycles. The number of hydrogen-bond acceptors (Lipinski definition) is 4. The van der Waals surface area contributed by atoms with E-state index in [2.05, 4.69) is 10.2 Å².